The van der Waals surface area contributed by atoms with E-state index >= 15 is 0 Å². The first kappa shape index (κ1) is 13.5. The molecule has 5 heteroatoms. The Bertz CT molecular complexity index is 411. The lowest BCUT2D eigenvalue weighted by Crippen LogP contribution is -2.23. The second-order valence-corrected chi connectivity index (χ2v) is 6.43. The zero-order chi connectivity index (χ0) is 13.0. The minimum atomic E-state index is 0.671. The van der Waals surface area contributed by atoms with E-state index in [-0.39, 0.29) is 0 Å². The Morgan fingerprint density at radius 2 is 2.39 bits per heavy atom. The number of nitrogens with one attached hydrogen (secondary N) is 1. The number of aliphatic imine (C=N–C) groups is 1. The molecule has 0 amide bonds. The molecule has 0 saturated carbocycles. The van der Waals surface area contributed by atoms with Crippen LogP contribution in [0.5, 0.6) is 0 Å². The summed E-state index contributed by atoms with van der Waals surface area (Å²) in [6.45, 7) is 6.44. The molecular formula is C13H22N4S. The molecule has 1 atom stereocenters. The molecule has 2 rings (SSSR count). The topological polar surface area (TPSA) is 42.2 Å². The average molecular weight is 266 g/mol. The summed E-state index contributed by atoms with van der Waals surface area (Å²) in [5.74, 6) is 0.756. The summed E-state index contributed by atoms with van der Waals surface area (Å²) in [4.78, 5) is 4.56. The molecule has 0 aromatic carbocycles. The second kappa shape index (κ2) is 6.27. The standard InChI is InChI=1S/C13H22N4S/c1-10(2)8-12-9-15-13(18-12)14-6-4-11-5-7-16-17(11)3/h5,7,10,12H,4,6,8-9H2,1-3H3,(H,14,15). The molecule has 0 aliphatic carbocycles. The third kappa shape index (κ3) is 3.77. The van der Waals surface area contributed by atoms with Crippen molar-refractivity contribution in [2.75, 3.05) is 13.1 Å². The molecule has 0 fully saturated rings. The van der Waals surface area contributed by atoms with Gasteiger partial charge >= 0.3 is 0 Å². The summed E-state index contributed by atoms with van der Waals surface area (Å²) in [6.07, 6.45) is 4.09. The molecule has 1 N–H and O–H groups in total. The van der Waals surface area contributed by atoms with Gasteiger partial charge in [0, 0.05) is 37.2 Å². The summed E-state index contributed by atoms with van der Waals surface area (Å²) in [5, 5.41) is 9.37. The van der Waals surface area contributed by atoms with Gasteiger partial charge in [-0.05, 0) is 18.4 Å². The molecule has 0 saturated heterocycles. The maximum Gasteiger partial charge on any atom is 0.156 e. The molecule has 18 heavy (non-hydrogen) atoms. The van der Waals surface area contributed by atoms with Crippen LogP contribution in [-0.4, -0.2) is 33.3 Å². The highest BCUT2D eigenvalue weighted by Gasteiger charge is 2.20. The molecule has 1 aromatic heterocycles. The van der Waals surface area contributed by atoms with Gasteiger partial charge in [0.15, 0.2) is 5.17 Å². The van der Waals surface area contributed by atoms with Crippen LogP contribution in [-0.2, 0) is 13.5 Å². The summed E-state index contributed by atoms with van der Waals surface area (Å²) >= 11 is 1.90. The Hall–Kier alpha value is -0.970. The normalized spacial score (nSPS) is 19.3. The van der Waals surface area contributed by atoms with Gasteiger partial charge in [0.25, 0.3) is 0 Å². The van der Waals surface area contributed by atoms with Gasteiger partial charge in [-0.1, -0.05) is 25.6 Å². The van der Waals surface area contributed by atoms with Crippen LogP contribution in [0.3, 0.4) is 0 Å². The Morgan fingerprint density at radius 1 is 1.56 bits per heavy atom. The van der Waals surface area contributed by atoms with Gasteiger partial charge in [0.05, 0.1) is 6.54 Å². The van der Waals surface area contributed by atoms with Gasteiger partial charge in [-0.3, -0.25) is 9.67 Å². The van der Waals surface area contributed by atoms with Crippen molar-refractivity contribution >= 4 is 16.9 Å². The van der Waals surface area contributed by atoms with E-state index < -0.39 is 0 Å². The van der Waals surface area contributed by atoms with E-state index in [4.69, 9.17) is 0 Å². The van der Waals surface area contributed by atoms with E-state index in [1.54, 1.807) is 0 Å². The molecule has 4 nitrogen and oxygen atoms in total. The van der Waals surface area contributed by atoms with Crippen molar-refractivity contribution in [3.8, 4) is 0 Å². The minimum Gasteiger partial charge on any atom is -0.365 e. The number of aryl methyl sites for hydroxylation is 1. The van der Waals surface area contributed by atoms with Crippen LogP contribution in [0.1, 0.15) is 26.0 Å². The molecular weight excluding hydrogens is 244 g/mol. The van der Waals surface area contributed by atoms with Crippen molar-refractivity contribution in [1.29, 1.82) is 0 Å². The van der Waals surface area contributed by atoms with Crippen LogP contribution in [0.2, 0.25) is 0 Å². The highest BCUT2D eigenvalue weighted by molar-refractivity contribution is 8.14. The average Bonchev–Trinajstić information content (AvgIpc) is 2.89. The number of aromatic nitrogens is 2. The Balaban J connectivity index is 1.68. The Morgan fingerprint density at radius 3 is 3.06 bits per heavy atom. The maximum absolute atomic E-state index is 4.56. The summed E-state index contributed by atoms with van der Waals surface area (Å²) in [7, 11) is 1.98. The molecule has 1 aliphatic rings. The third-order valence-corrected chi connectivity index (χ3v) is 4.20. The van der Waals surface area contributed by atoms with Crippen molar-refractivity contribution in [1.82, 2.24) is 15.1 Å². The van der Waals surface area contributed by atoms with Crippen molar-refractivity contribution in [3.63, 3.8) is 0 Å². The largest absolute Gasteiger partial charge is 0.365 e. The van der Waals surface area contributed by atoms with Crippen LogP contribution < -0.4 is 5.32 Å². The van der Waals surface area contributed by atoms with Crippen LogP contribution in [0.25, 0.3) is 0 Å². The zero-order valence-electron chi connectivity index (χ0n) is 11.4. The predicted molar refractivity (Wildman–Crippen MR) is 78.1 cm³/mol. The third-order valence-electron chi connectivity index (χ3n) is 3.03. The highest BCUT2D eigenvalue weighted by atomic mass is 32.2. The first-order valence-electron chi connectivity index (χ1n) is 6.57. The molecule has 1 unspecified atom stereocenters. The van der Waals surface area contributed by atoms with Crippen LogP contribution in [0.4, 0.5) is 0 Å². The fourth-order valence-electron chi connectivity index (χ4n) is 2.11. The number of rotatable bonds is 5. The van der Waals surface area contributed by atoms with E-state index in [0.29, 0.717) is 5.25 Å². The molecule has 1 aliphatic heterocycles. The smallest absolute Gasteiger partial charge is 0.156 e. The fourth-order valence-corrected chi connectivity index (χ4v) is 3.39. The number of amidine groups is 1. The fraction of sp³-hybridized carbons (Fsp3) is 0.692. The number of hydrogen-bond donors (Lipinski definition) is 1. The van der Waals surface area contributed by atoms with Crippen molar-refractivity contribution in [3.05, 3.63) is 18.0 Å². The Labute approximate surface area is 113 Å². The predicted octanol–water partition coefficient (Wildman–Crippen LogP) is 2.07. The summed E-state index contributed by atoms with van der Waals surface area (Å²) < 4.78 is 1.92. The second-order valence-electron chi connectivity index (χ2n) is 5.14. The monoisotopic (exact) mass is 266 g/mol. The van der Waals surface area contributed by atoms with Gasteiger partial charge < -0.3 is 5.32 Å². The van der Waals surface area contributed by atoms with Crippen LogP contribution >= 0.6 is 11.8 Å². The SMILES string of the molecule is CC(C)CC1CN=C(NCCc2ccnn2C)S1. The summed E-state index contributed by atoms with van der Waals surface area (Å²) in [5.41, 5.74) is 1.25. The lowest BCUT2D eigenvalue weighted by molar-refractivity contribution is 0.575. The molecule has 2 heterocycles. The van der Waals surface area contributed by atoms with Gasteiger partial charge in [0.1, 0.15) is 0 Å². The Kier molecular flexibility index (Phi) is 4.69. The first-order chi connectivity index (χ1) is 8.65. The van der Waals surface area contributed by atoms with E-state index in [2.05, 4.69) is 35.3 Å². The zero-order valence-corrected chi connectivity index (χ0v) is 12.2. The summed E-state index contributed by atoms with van der Waals surface area (Å²) in [6, 6.07) is 2.06. The number of nitrogens with zero attached hydrogens (tertiary/aromatic N) is 3. The highest BCUT2D eigenvalue weighted by Crippen LogP contribution is 2.25. The minimum absolute atomic E-state index is 0.671. The van der Waals surface area contributed by atoms with Crippen LogP contribution in [0.15, 0.2) is 17.3 Å². The molecule has 1 aromatic rings. The van der Waals surface area contributed by atoms with Gasteiger partial charge in [-0.2, -0.15) is 5.10 Å². The lowest BCUT2D eigenvalue weighted by Gasteiger charge is -2.11. The van der Waals surface area contributed by atoms with Crippen molar-refractivity contribution in [2.24, 2.45) is 18.0 Å². The van der Waals surface area contributed by atoms with Crippen LogP contribution in [0, 0.1) is 5.92 Å². The number of hydrogen-bond acceptors (Lipinski definition) is 4. The van der Waals surface area contributed by atoms with Gasteiger partial charge in [-0.15, -0.1) is 0 Å². The van der Waals surface area contributed by atoms with Gasteiger partial charge in [0.2, 0.25) is 0 Å². The maximum atomic E-state index is 4.56. The first-order valence-corrected chi connectivity index (χ1v) is 7.45. The molecule has 0 bridgehead atoms. The van der Waals surface area contributed by atoms with Crippen molar-refractivity contribution in [2.45, 2.75) is 31.9 Å². The van der Waals surface area contributed by atoms with E-state index in [9.17, 15) is 0 Å². The molecule has 100 valence electrons. The van der Waals surface area contributed by atoms with Crippen molar-refractivity contribution < 1.29 is 0 Å². The molecule has 0 radical (unpaired) electrons. The van der Waals surface area contributed by atoms with E-state index in [1.807, 2.05) is 29.7 Å². The van der Waals surface area contributed by atoms with E-state index in [1.165, 1.54) is 12.1 Å². The number of thioether (sulfide) groups is 1. The lowest BCUT2D eigenvalue weighted by atomic mass is 10.1. The van der Waals surface area contributed by atoms with Gasteiger partial charge in [-0.25, -0.2) is 0 Å². The quantitative estimate of drug-likeness (QED) is 0.887. The van der Waals surface area contributed by atoms with E-state index in [0.717, 1.165) is 30.6 Å². The molecule has 0 spiro atoms.